The first-order valence-electron chi connectivity index (χ1n) is 10.8. The summed E-state index contributed by atoms with van der Waals surface area (Å²) in [7, 11) is 1.55. The van der Waals surface area contributed by atoms with Gasteiger partial charge in [0.1, 0.15) is 6.33 Å². The standard InChI is InChI=1S/C23H23F3N6O2/c1-28-20(33)19-12-32(21(34)16-10-29-14-30-11-16)13-22(19)4-6-31(7-5-22)17-3-2-15(9-27)18(8-17)23(24,25)26/h2-3,8,10-11,14,19H,4-7,12-13H2,1H3,(H,28,33). The van der Waals surface area contributed by atoms with Gasteiger partial charge in [-0.1, -0.05) is 0 Å². The number of anilines is 1. The number of carbonyl (C=O) groups excluding carboxylic acids is 2. The molecular weight excluding hydrogens is 449 g/mol. The van der Waals surface area contributed by atoms with Crippen LogP contribution in [0.25, 0.3) is 0 Å². The lowest BCUT2D eigenvalue weighted by atomic mass is 9.70. The van der Waals surface area contributed by atoms with E-state index in [0.29, 0.717) is 43.7 Å². The molecular formula is C23H23F3N6O2. The van der Waals surface area contributed by atoms with Crippen LogP contribution >= 0.6 is 0 Å². The lowest BCUT2D eigenvalue weighted by molar-refractivity contribution is -0.137. The van der Waals surface area contributed by atoms with Gasteiger partial charge >= 0.3 is 6.18 Å². The van der Waals surface area contributed by atoms with Crippen LogP contribution in [0.4, 0.5) is 18.9 Å². The average Bonchev–Trinajstić information content (AvgIpc) is 3.21. The molecule has 0 radical (unpaired) electrons. The number of alkyl halides is 3. The summed E-state index contributed by atoms with van der Waals surface area (Å²) in [5, 5.41) is 11.7. The molecule has 1 atom stereocenters. The topological polar surface area (TPSA) is 102 Å². The fourth-order valence-corrected chi connectivity index (χ4v) is 5.03. The van der Waals surface area contributed by atoms with Crippen LogP contribution in [0.2, 0.25) is 0 Å². The molecule has 11 heteroatoms. The number of piperidine rings is 1. The number of nitriles is 1. The molecule has 1 N–H and O–H groups in total. The molecule has 2 amide bonds. The number of halogens is 3. The summed E-state index contributed by atoms with van der Waals surface area (Å²) < 4.78 is 40.2. The van der Waals surface area contributed by atoms with Gasteiger partial charge in [0.2, 0.25) is 5.91 Å². The van der Waals surface area contributed by atoms with Crippen LogP contribution in [0.15, 0.2) is 36.9 Å². The SMILES string of the molecule is CNC(=O)C1CN(C(=O)c2cncnc2)CC12CCN(c1ccc(C#N)c(C(F)(F)F)c1)CC2. The molecule has 0 aliphatic carbocycles. The third-order valence-corrected chi connectivity index (χ3v) is 6.86. The average molecular weight is 472 g/mol. The Balaban J connectivity index is 1.55. The van der Waals surface area contributed by atoms with E-state index in [1.807, 2.05) is 4.90 Å². The Morgan fingerprint density at radius 1 is 1.21 bits per heavy atom. The Morgan fingerprint density at radius 3 is 2.47 bits per heavy atom. The van der Waals surface area contributed by atoms with Crippen LogP contribution in [-0.2, 0) is 11.0 Å². The number of amides is 2. The summed E-state index contributed by atoms with van der Waals surface area (Å²) in [4.78, 5) is 36.9. The van der Waals surface area contributed by atoms with E-state index in [9.17, 15) is 22.8 Å². The first-order valence-corrected chi connectivity index (χ1v) is 10.8. The zero-order chi connectivity index (χ0) is 24.5. The van der Waals surface area contributed by atoms with Gasteiger partial charge in [0.05, 0.1) is 28.7 Å². The molecule has 1 unspecified atom stereocenters. The van der Waals surface area contributed by atoms with Gasteiger partial charge in [-0.05, 0) is 31.0 Å². The third-order valence-electron chi connectivity index (χ3n) is 6.86. The summed E-state index contributed by atoms with van der Waals surface area (Å²) in [6.07, 6.45) is 0.624. The highest BCUT2D eigenvalue weighted by molar-refractivity contribution is 5.94. The van der Waals surface area contributed by atoms with Gasteiger partial charge in [0.15, 0.2) is 0 Å². The molecule has 2 aliphatic rings. The molecule has 178 valence electrons. The first-order chi connectivity index (χ1) is 16.2. The number of likely N-dealkylation sites (tertiary alicyclic amines) is 1. The van der Waals surface area contributed by atoms with Crippen molar-refractivity contribution >= 4 is 17.5 Å². The monoisotopic (exact) mass is 472 g/mol. The van der Waals surface area contributed by atoms with Gasteiger partial charge in [0, 0.05) is 56.7 Å². The maximum absolute atomic E-state index is 13.4. The Hall–Kier alpha value is -3.68. The third kappa shape index (κ3) is 4.27. The largest absolute Gasteiger partial charge is 0.417 e. The minimum absolute atomic E-state index is 0.161. The Labute approximate surface area is 194 Å². The second-order valence-corrected chi connectivity index (χ2v) is 8.67. The van der Waals surface area contributed by atoms with Gasteiger partial charge in [-0.25, -0.2) is 9.97 Å². The number of hydrogen-bond acceptors (Lipinski definition) is 6. The van der Waals surface area contributed by atoms with E-state index in [1.54, 1.807) is 18.0 Å². The molecule has 2 aliphatic heterocycles. The van der Waals surface area contributed by atoms with Crippen LogP contribution in [0.1, 0.15) is 34.3 Å². The van der Waals surface area contributed by atoms with Crippen molar-refractivity contribution in [3.63, 3.8) is 0 Å². The lowest BCUT2D eigenvalue weighted by Crippen LogP contribution is -2.48. The van der Waals surface area contributed by atoms with Crippen molar-refractivity contribution in [1.82, 2.24) is 20.2 Å². The fourth-order valence-electron chi connectivity index (χ4n) is 5.03. The van der Waals surface area contributed by atoms with E-state index < -0.39 is 28.6 Å². The highest BCUT2D eigenvalue weighted by atomic mass is 19.4. The van der Waals surface area contributed by atoms with Crippen LogP contribution in [0, 0.1) is 22.7 Å². The van der Waals surface area contributed by atoms with Crippen molar-refractivity contribution < 1.29 is 22.8 Å². The van der Waals surface area contributed by atoms with E-state index in [1.165, 1.54) is 30.9 Å². The maximum Gasteiger partial charge on any atom is 0.417 e. The normalized spacial score (nSPS) is 19.7. The molecule has 2 saturated heterocycles. The van der Waals surface area contributed by atoms with Gasteiger partial charge in [-0.15, -0.1) is 0 Å². The second-order valence-electron chi connectivity index (χ2n) is 8.67. The number of carbonyl (C=O) groups is 2. The minimum Gasteiger partial charge on any atom is -0.371 e. The van der Waals surface area contributed by atoms with E-state index in [4.69, 9.17) is 5.26 Å². The van der Waals surface area contributed by atoms with E-state index in [-0.39, 0.29) is 18.4 Å². The molecule has 3 heterocycles. The van der Waals surface area contributed by atoms with E-state index in [0.717, 1.165) is 6.07 Å². The number of nitrogens with one attached hydrogen (secondary N) is 1. The summed E-state index contributed by atoms with van der Waals surface area (Å²) in [6.45, 7) is 1.47. The predicted octanol–water partition coefficient (Wildman–Crippen LogP) is 2.47. The molecule has 2 aromatic rings. The van der Waals surface area contributed by atoms with E-state index in [2.05, 4.69) is 15.3 Å². The molecule has 0 saturated carbocycles. The molecule has 8 nitrogen and oxygen atoms in total. The highest BCUT2D eigenvalue weighted by Gasteiger charge is 2.52. The Kier molecular flexibility index (Phi) is 6.17. The van der Waals surface area contributed by atoms with Gasteiger partial charge in [-0.2, -0.15) is 18.4 Å². The first kappa shape index (κ1) is 23.5. The van der Waals surface area contributed by atoms with Crippen molar-refractivity contribution in [2.75, 3.05) is 38.1 Å². The van der Waals surface area contributed by atoms with Crippen molar-refractivity contribution in [2.24, 2.45) is 11.3 Å². The van der Waals surface area contributed by atoms with Crippen LogP contribution < -0.4 is 10.2 Å². The smallest absolute Gasteiger partial charge is 0.371 e. The lowest BCUT2D eigenvalue weighted by Gasteiger charge is -2.43. The highest BCUT2D eigenvalue weighted by Crippen LogP contribution is 2.46. The number of rotatable bonds is 3. The number of hydrogen-bond donors (Lipinski definition) is 1. The van der Waals surface area contributed by atoms with Gasteiger partial charge < -0.3 is 15.1 Å². The van der Waals surface area contributed by atoms with Crippen LogP contribution in [0.3, 0.4) is 0 Å². The predicted molar refractivity (Wildman–Crippen MR) is 116 cm³/mol. The van der Waals surface area contributed by atoms with Gasteiger partial charge in [0.25, 0.3) is 5.91 Å². The minimum atomic E-state index is -4.63. The zero-order valence-corrected chi connectivity index (χ0v) is 18.5. The fraction of sp³-hybridized carbons (Fsp3) is 0.435. The molecule has 0 bridgehead atoms. The number of benzene rings is 1. The molecule has 2 fully saturated rings. The van der Waals surface area contributed by atoms with Crippen molar-refractivity contribution in [3.05, 3.63) is 53.6 Å². The Morgan fingerprint density at radius 2 is 1.88 bits per heavy atom. The van der Waals surface area contributed by atoms with Crippen molar-refractivity contribution in [2.45, 2.75) is 19.0 Å². The molecule has 1 spiro atoms. The molecule has 1 aromatic carbocycles. The summed E-state index contributed by atoms with van der Waals surface area (Å²) in [5.74, 6) is -0.846. The van der Waals surface area contributed by atoms with Crippen molar-refractivity contribution in [3.8, 4) is 6.07 Å². The van der Waals surface area contributed by atoms with Gasteiger partial charge in [-0.3, -0.25) is 9.59 Å². The maximum atomic E-state index is 13.4. The number of aromatic nitrogens is 2. The van der Waals surface area contributed by atoms with E-state index >= 15 is 0 Å². The summed E-state index contributed by atoms with van der Waals surface area (Å²) in [5.41, 5.74) is -1.14. The second kappa shape index (κ2) is 8.93. The van der Waals surface area contributed by atoms with Crippen molar-refractivity contribution in [1.29, 1.82) is 5.26 Å². The molecule has 1 aromatic heterocycles. The number of nitrogens with zero attached hydrogens (tertiary/aromatic N) is 5. The Bertz CT molecular complexity index is 1120. The molecule has 34 heavy (non-hydrogen) atoms. The molecule has 4 rings (SSSR count). The van der Waals surface area contributed by atoms with Crippen LogP contribution in [-0.4, -0.2) is 59.9 Å². The summed E-state index contributed by atoms with van der Waals surface area (Å²) in [6, 6.07) is 5.31. The summed E-state index contributed by atoms with van der Waals surface area (Å²) >= 11 is 0. The quantitative estimate of drug-likeness (QED) is 0.737. The van der Waals surface area contributed by atoms with Crippen LogP contribution in [0.5, 0.6) is 0 Å². The zero-order valence-electron chi connectivity index (χ0n) is 18.5.